The molecule has 2 nitrogen and oxygen atoms in total. The third kappa shape index (κ3) is 3.27. The molecule has 1 heterocycles. The Bertz CT molecular complexity index is 354. The van der Waals surface area contributed by atoms with Crippen molar-refractivity contribution in [3.8, 4) is 0 Å². The molecule has 0 spiro atoms. The van der Waals surface area contributed by atoms with E-state index in [9.17, 15) is 4.79 Å². The topological polar surface area (TPSA) is 29.1 Å². The van der Waals surface area contributed by atoms with Crippen LogP contribution in [0.2, 0.25) is 4.34 Å². The Morgan fingerprint density at radius 1 is 1.44 bits per heavy atom. The van der Waals surface area contributed by atoms with Crippen LogP contribution in [0.1, 0.15) is 23.0 Å². The standard InChI is InChI=1S/C10H12Cl3NOS/c1-2-10(5-11,6-12)14-9(15)7-3-4-8(13)16-7/h3-4H,2,5-6H2,1H3,(H,14,15). The number of rotatable bonds is 5. The van der Waals surface area contributed by atoms with Crippen LogP contribution in [0.5, 0.6) is 0 Å². The van der Waals surface area contributed by atoms with Gasteiger partial charge in [0.15, 0.2) is 0 Å². The normalized spacial score (nSPS) is 11.5. The number of carbonyl (C=O) groups excluding carboxylic acids is 1. The number of nitrogens with one attached hydrogen (secondary N) is 1. The highest BCUT2D eigenvalue weighted by Gasteiger charge is 2.29. The Kier molecular flexibility index (Phi) is 5.38. The van der Waals surface area contributed by atoms with E-state index < -0.39 is 5.54 Å². The van der Waals surface area contributed by atoms with Crippen molar-refractivity contribution < 1.29 is 4.79 Å². The largest absolute Gasteiger partial charge is 0.344 e. The SMILES string of the molecule is CCC(CCl)(CCl)NC(=O)c1ccc(Cl)s1. The highest BCUT2D eigenvalue weighted by atomic mass is 35.5. The predicted molar refractivity (Wildman–Crippen MR) is 71.3 cm³/mol. The molecular formula is C10H12Cl3NOS. The minimum atomic E-state index is -0.545. The maximum absolute atomic E-state index is 11.9. The first kappa shape index (κ1) is 14.1. The van der Waals surface area contributed by atoms with Gasteiger partial charge in [-0.25, -0.2) is 0 Å². The van der Waals surface area contributed by atoms with E-state index in [-0.39, 0.29) is 17.7 Å². The van der Waals surface area contributed by atoms with Gasteiger partial charge in [-0.05, 0) is 18.6 Å². The number of halogens is 3. The molecule has 0 fully saturated rings. The number of hydrogen-bond acceptors (Lipinski definition) is 2. The van der Waals surface area contributed by atoms with Gasteiger partial charge in [0.05, 0.1) is 14.8 Å². The van der Waals surface area contributed by atoms with Crippen LogP contribution < -0.4 is 5.32 Å². The summed E-state index contributed by atoms with van der Waals surface area (Å²) in [6.45, 7) is 1.94. The number of hydrogen-bond donors (Lipinski definition) is 1. The Morgan fingerprint density at radius 3 is 2.44 bits per heavy atom. The highest BCUT2D eigenvalue weighted by molar-refractivity contribution is 7.18. The number of amides is 1. The minimum Gasteiger partial charge on any atom is -0.344 e. The van der Waals surface area contributed by atoms with Crippen LogP contribution in [-0.4, -0.2) is 23.2 Å². The second-order valence-electron chi connectivity index (χ2n) is 3.46. The van der Waals surface area contributed by atoms with E-state index in [4.69, 9.17) is 34.8 Å². The van der Waals surface area contributed by atoms with Gasteiger partial charge < -0.3 is 5.32 Å². The first-order valence-corrected chi connectivity index (χ1v) is 7.03. The minimum absolute atomic E-state index is 0.181. The fourth-order valence-electron chi connectivity index (χ4n) is 1.12. The van der Waals surface area contributed by atoms with Crippen molar-refractivity contribution in [1.82, 2.24) is 5.32 Å². The third-order valence-electron chi connectivity index (χ3n) is 2.36. The molecule has 0 radical (unpaired) electrons. The van der Waals surface area contributed by atoms with Crippen LogP contribution in [0.25, 0.3) is 0 Å². The molecule has 0 aromatic carbocycles. The molecule has 0 saturated carbocycles. The van der Waals surface area contributed by atoms with E-state index in [0.29, 0.717) is 15.6 Å². The van der Waals surface area contributed by atoms with Crippen LogP contribution in [0.3, 0.4) is 0 Å². The lowest BCUT2D eigenvalue weighted by atomic mass is 10.0. The Labute approximate surface area is 114 Å². The van der Waals surface area contributed by atoms with Crippen LogP contribution in [0.15, 0.2) is 12.1 Å². The van der Waals surface area contributed by atoms with E-state index in [1.54, 1.807) is 12.1 Å². The molecule has 1 amide bonds. The van der Waals surface area contributed by atoms with E-state index in [2.05, 4.69) is 5.32 Å². The number of alkyl halides is 2. The summed E-state index contributed by atoms with van der Waals surface area (Å²) in [6, 6.07) is 3.38. The monoisotopic (exact) mass is 299 g/mol. The van der Waals surface area contributed by atoms with Crippen LogP contribution in [0.4, 0.5) is 0 Å². The van der Waals surface area contributed by atoms with Gasteiger partial charge in [-0.2, -0.15) is 0 Å². The van der Waals surface area contributed by atoms with Crippen molar-refractivity contribution in [2.75, 3.05) is 11.8 Å². The zero-order chi connectivity index (χ0) is 12.2. The molecule has 90 valence electrons. The summed E-state index contributed by atoms with van der Waals surface area (Å²) in [5.74, 6) is 0.399. The van der Waals surface area contributed by atoms with E-state index in [1.165, 1.54) is 11.3 Å². The molecule has 16 heavy (non-hydrogen) atoms. The van der Waals surface area contributed by atoms with E-state index in [0.717, 1.165) is 0 Å². The first-order valence-electron chi connectivity index (χ1n) is 4.76. The lowest BCUT2D eigenvalue weighted by molar-refractivity contribution is 0.0918. The summed E-state index contributed by atoms with van der Waals surface area (Å²) in [6.07, 6.45) is 0.685. The summed E-state index contributed by atoms with van der Waals surface area (Å²) in [7, 11) is 0. The molecule has 0 saturated heterocycles. The van der Waals surface area contributed by atoms with E-state index in [1.807, 2.05) is 6.92 Å². The zero-order valence-corrected chi connectivity index (χ0v) is 11.8. The van der Waals surface area contributed by atoms with Gasteiger partial charge in [-0.1, -0.05) is 18.5 Å². The molecular weight excluding hydrogens is 289 g/mol. The summed E-state index contributed by atoms with van der Waals surface area (Å²) in [5.41, 5.74) is -0.545. The maximum atomic E-state index is 11.9. The van der Waals surface area contributed by atoms with Crippen molar-refractivity contribution in [2.24, 2.45) is 0 Å². The highest BCUT2D eigenvalue weighted by Crippen LogP contribution is 2.23. The predicted octanol–water partition coefficient (Wildman–Crippen LogP) is 3.76. The fraction of sp³-hybridized carbons (Fsp3) is 0.500. The average molecular weight is 301 g/mol. The summed E-state index contributed by atoms with van der Waals surface area (Å²) in [4.78, 5) is 12.4. The molecule has 0 aliphatic carbocycles. The second kappa shape index (κ2) is 6.10. The molecule has 1 aromatic heterocycles. The lowest BCUT2D eigenvalue weighted by Gasteiger charge is -2.29. The molecule has 6 heteroatoms. The average Bonchev–Trinajstić information content (AvgIpc) is 2.73. The Balaban J connectivity index is 2.76. The van der Waals surface area contributed by atoms with Crippen LogP contribution in [0, 0.1) is 0 Å². The van der Waals surface area contributed by atoms with Gasteiger partial charge >= 0.3 is 0 Å². The van der Waals surface area contributed by atoms with Gasteiger partial charge in [0.2, 0.25) is 0 Å². The molecule has 0 unspecified atom stereocenters. The van der Waals surface area contributed by atoms with Gasteiger partial charge in [0.25, 0.3) is 5.91 Å². The third-order valence-corrected chi connectivity index (χ3v) is 4.62. The summed E-state index contributed by atoms with van der Waals surface area (Å²) < 4.78 is 0.587. The molecule has 0 atom stereocenters. The number of carbonyl (C=O) groups is 1. The van der Waals surface area contributed by atoms with E-state index >= 15 is 0 Å². The first-order chi connectivity index (χ1) is 7.56. The number of thiophene rings is 1. The van der Waals surface area contributed by atoms with Gasteiger partial charge in [0, 0.05) is 11.8 Å². The molecule has 0 bridgehead atoms. The van der Waals surface area contributed by atoms with Gasteiger partial charge in [-0.3, -0.25) is 4.79 Å². The molecule has 1 N–H and O–H groups in total. The molecule has 0 aliphatic heterocycles. The van der Waals surface area contributed by atoms with Crippen molar-refractivity contribution in [3.63, 3.8) is 0 Å². The zero-order valence-electron chi connectivity index (χ0n) is 8.73. The van der Waals surface area contributed by atoms with Crippen molar-refractivity contribution >= 4 is 52.0 Å². The fourth-order valence-corrected chi connectivity index (χ4v) is 2.85. The Hall–Kier alpha value is 0.0400. The molecule has 1 rings (SSSR count). The molecule has 1 aromatic rings. The summed E-state index contributed by atoms with van der Waals surface area (Å²) >= 11 is 18.7. The maximum Gasteiger partial charge on any atom is 0.261 e. The second-order valence-corrected chi connectivity index (χ2v) is 5.71. The van der Waals surface area contributed by atoms with Crippen LogP contribution in [-0.2, 0) is 0 Å². The Morgan fingerprint density at radius 2 is 2.06 bits per heavy atom. The lowest BCUT2D eigenvalue weighted by Crippen LogP contribution is -2.51. The van der Waals surface area contributed by atoms with Crippen molar-refractivity contribution in [2.45, 2.75) is 18.9 Å². The van der Waals surface area contributed by atoms with Crippen LogP contribution >= 0.6 is 46.1 Å². The smallest absolute Gasteiger partial charge is 0.261 e. The van der Waals surface area contributed by atoms with Crippen molar-refractivity contribution in [1.29, 1.82) is 0 Å². The molecule has 0 aliphatic rings. The van der Waals surface area contributed by atoms with Gasteiger partial charge in [-0.15, -0.1) is 34.5 Å². The summed E-state index contributed by atoms with van der Waals surface area (Å²) in [5, 5.41) is 2.86. The quantitative estimate of drug-likeness (QED) is 0.824. The van der Waals surface area contributed by atoms with Crippen molar-refractivity contribution in [3.05, 3.63) is 21.3 Å². The van der Waals surface area contributed by atoms with Gasteiger partial charge in [0.1, 0.15) is 0 Å².